The molecule has 94 valence electrons. The lowest BCUT2D eigenvalue weighted by molar-refractivity contribution is 0.177. The van der Waals surface area contributed by atoms with Crippen molar-refractivity contribution >= 4 is 0 Å². The average Bonchev–Trinajstić information content (AvgIpc) is 2.31. The molecule has 0 bridgehead atoms. The Morgan fingerprint density at radius 1 is 1.24 bits per heavy atom. The molecule has 2 heteroatoms. The van der Waals surface area contributed by atoms with Gasteiger partial charge < -0.3 is 5.32 Å². The van der Waals surface area contributed by atoms with E-state index < -0.39 is 0 Å². The summed E-state index contributed by atoms with van der Waals surface area (Å²) in [7, 11) is 0. The van der Waals surface area contributed by atoms with Crippen LogP contribution in [0.4, 0.5) is 0 Å². The third-order valence-electron chi connectivity index (χ3n) is 3.67. The van der Waals surface area contributed by atoms with E-state index in [2.05, 4.69) is 48.3 Å². The van der Waals surface area contributed by atoms with Crippen LogP contribution in [0.5, 0.6) is 0 Å². The van der Waals surface area contributed by atoms with Crippen molar-refractivity contribution in [2.75, 3.05) is 19.6 Å². The zero-order chi connectivity index (χ0) is 12.1. The number of nitrogens with zero attached hydrogens (tertiary/aromatic N) is 1. The fourth-order valence-corrected chi connectivity index (χ4v) is 2.41. The molecule has 1 fully saturated rings. The van der Waals surface area contributed by atoms with E-state index in [4.69, 9.17) is 0 Å². The summed E-state index contributed by atoms with van der Waals surface area (Å²) in [5.74, 6) is 0. The zero-order valence-corrected chi connectivity index (χ0v) is 11.1. The van der Waals surface area contributed by atoms with Crippen molar-refractivity contribution in [3.63, 3.8) is 0 Å². The Labute approximate surface area is 105 Å². The maximum atomic E-state index is 3.48. The van der Waals surface area contributed by atoms with Gasteiger partial charge in [0, 0.05) is 12.6 Å². The molecule has 1 aromatic rings. The van der Waals surface area contributed by atoms with Crippen molar-refractivity contribution in [2.24, 2.45) is 0 Å². The summed E-state index contributed by atoms with van der Waals surface area (Å²) in [4.78, 5) is 2.62. The molecule has 2 rings (SSSR count). The molecule has 1 saturated heterocycles. The van der Waals surface area contributed by atoms with Crippen molar-refractivity contribution in [1.29, 1.82) is 0 Å². The standard InChI is InChI=1S/C15H24N2/c1-13-4-6-15(7-5-13)12-17-11-3-9-16-10-8-14(17)2/h4-7,14,16H,3,8-12H2,1-2H3. The molecule has 17 heavy (non-hydrogen) atoms. The first kappa shape index (κ1) is 12.6. The summed E-state index contributed by atoms with van der Waals surface area (Å²) < 4.78 is 0. The first-order chi connectivity index (χ1) is 8.25. The Bertz CT molecular complexity index is 331. The van der Waals surface area contributed by atoms with Crippen LogP contribution >= 0.6 is 0 Å². The Morgan fingerprint density at radius 2 is 2.00 bits per heavy atom. The van der Waals surface area contributed by atoms with Gasteiger partial charge in [0.05, 0.1) is 0 Å². The van der Waals surface area contributed by atoms with Crippen molar-refractivity contribution in [1.82, 2.24) is 10.2 Å². The third kappa shape index (κ3) is 3.83. The molecule has 1 heterocycles. The fourth-order valence-electron chi connectivity index (χ4n) is 2.41. The van der Waals surface area contributed by atoms with Gasteiger partial charge in [0.2, 0.25) is 0 Å². The van der Waals surface area contributed by atoms with Gasteiger partial charge in [-0.2, -0.15) is 0 Å². The molecule has 0 amide bonds. The quantitative estimate of drug-likeness (QED) is 0.843. The van der Waals surface area contributed by atoms with Crippen LogP contribution in [0.3, 0.4) is 0 Å². The normalized spacial score (nSPS) is 23.1. The van der Waals surface area contributed by atoms with Crippen molar-refractivity contribution in [3.8, 4) is 0 Å². The Morgan fingerprint density at radius 3 is 2.76 bits per heavy atom. The zero-order valence-electron chi connectivity index (χ0n) is 11.1. The lowest BCUT2D eigenvalue weighted by atomic mass is 10.1. The van der Waals surface area contributed by atoms with Gasteiger partial charge in [-0.15, -0.1) is 0 Å². The maximum absolute atomic E-state index is 3.48. The number of nitrogens with one attached hydrogen (secondary N) is 1. The van der Waals surface area contributed by atoms with Crippen molar-refractivity contribution in [3.05, 3.63) is 35.4 Å². The van der Waals surface area contributed by atoms with Gasteiger partial charge in [-0.1, -0.05) is 29.8 Å². The minimum atomic E-state index is 0.684. The van der Waals surface area contributed by atoms with Gasteiger partial charge in [0.25, 0.3) is 0 Å². The highest BCUT2D eigenvalue weighted by Crippen LogP contribution is 2.13. The lowest BCUT2D eigenvalue weighted by Crippen LogP contribution is -2.39. The second-order valence-electron chi connectivity index (χ2n) is 5.20. The van der Waals surface area contributed by atoms with Crippen LogP contribution < -0.4 is 5.32 Å². The van der Waals surface area contributed by atoms with Gasteiger partial charge in [-0.05, 0) is 51.9 Å². The predicted octanol–water partition coefficient (Wildman–Crippen LogP) is 2.57. The monoisotopic (exact) mass is 232 g/mol. The summed E-state index contributed by atoms with van der Waals surface area (Å²) in [6.07, 6.45) is 2.52. The first-order valence-corrected chi connectivity index (χ1v) is 6.76. The minimum absolute atomic E-state index is 0.684. The van der Waals surface area contributed by atoms with E-state index in [1.54, 1.807) is 0 Å². The van der Waals surface area contributed by atoms with Gasteiger partial charge in [-0.25, -0.2) is 0 Å². The van der Waals surface area contributed by atoms with Crippen LogP contribution in [0.15, 0.2) is 24.3 Å². The molecular formula is C15H24N2. The van der Waals surface area contributed by atoms with E-state index >= 15 is 0 Å². The number of hydrogen-bond acceptors (Lipinski definition) is 2. The van der Waals surface area contributed by atoms with Crippen LogP contribution in [0, 0.1) is 6.92 Å². The highest BCUT2D eigenvalue weighted by molar-refractivity contribution is 5.21. The summed E-state index contributed by atoms with van der Waals surface area (Å²) in [6.45, 7) is 9.13. The van der Waals surface area contributed by atoms with Crippen molar-refractivity contribution < 1.29 is 0 Å². The van der Waals surface area contributed by atoms with Crippen molar-refractivity contribution in [2.45, 2.75) is 39.3 Å². The lowest BCUT2D eigenvalue weighted by Gasteiger charge is -2.31. The Balaban J connectivity index is 1.97. The molecule has 0 spiro atoms. The molecule has 0 radical (unpaired) electrons. The molecule has 1 N–H and O–H groups in total. The highest BCUT2D eigenvalue weighted by atomic mass is 15.2. The highest BCUT2D eigenvalue weighted by Gasteiger charge is 2.15. The smallest absolute Gasteiger partial charge is 0.0236 e. The maximum Gasteiger partial charge on any atom is 0.0236 e. The SMILES string of the molecule is Cc1ccc(CN2CCCNCCC2C)cc1. The molecule has 1 aliphatic rings. The van der Waals surface area contributed by atoms with Crippen LogP contribution in [0.1, 0.15) is 30.9 Å². The van der Waals surface area contributed by atoms with Crippen LogP contribution in [-0.4, -0.2) is 30.6 Å². The molecule has 1 aromatic carbocycles. The van der Waals surface area contributed by atoms with E-state index in [1.807, 2.05) is 0 Å². The second kappa shape index (κ2) is 6.18. The van der Waals surface area contributed by atoms with E-state index in [0.29, 0.717) is 6.04 Å². The van der Waals surface area contributed by atoms with Gasteiger partial charge in [0.15, 0.2) is 0 Å². The van der Waals surface area contributed by atoms with E-state index in [1.165, 1.54) is 30.5 Å². The van der Waals surface area contributed by atoms with Crippen LogP contribution in [-0.2, 0) is 6.54 Å². The second-order valence-corrected chi connectivity index (χ2v) is 5.20. The number of aryl methyl sites for hydroxylation is 1. The van der Waals surface area contributed by atoms with Crippen LogP contribution in [0.25, 0.3) is 0 Å². The molecular weight excluding hydrogens is 208 g/mol. The molecule has 0 saturated carbocycles. The molecule has 1 aliphatic heterocycles. The summed E-state index contributed by atoms with van der Waals surface area (Å²) in [6, 6.07) is 9.64. The van der Waals surface area contributed by atoms with E-state index in [-0.39, 0.29) is 0 Å². The number of benzene rings is 1. The molecule has 0 aromatic heterocycles. The topological polar surface area (TPSA) is 15.3 Å². The number of rotatable bonds is 2. The predicted molar refractivity (Wildman–Crippen MR) is 73.2 cm³/mol. The van der Waals surface area contributed by atoms with E-state index in [9.17, 15) is 0 Å². The van der Waals surface area contributed by atoms with Gasteiger partial charge in [-0.3, -0.25) is 4.90 Å². The molecule has 1 unspecified atom stereocenters. The fraction of sp³-hybridized carbons (Fsp3) is 0.600. The number of hydrogen-bond donors (Lipinski definition) is 1. The van der Waals surface area contributed by atoms with Crippen LogP contribution in [0.2, 0.25) is 0 Å². The van der Waals surface area contributed by atoms with Gasteiger partial charge >= 0.3 is 0 Å². The largest absolute Gasteiger partial charge is 0.317 e. The molecule has 0 aliphatic carbocycles. The third-order valence-corrected chi connectivity index (χ3v) is 3.67. The molecule has 2 nitrogen and oxygen atoms in total. The average molecular weight is 232 g/mol. The summed E-state index contributed by atoms with van der Waals surface area (Å²) in [5.41, 5.74) is 2.79. The Hall–Kier alpha value is -0.860. The first-order valence-electron chi connectivity index (χ1n) is 6.76. The molecule has 1 atom stereocenters. The minimum Gasteiger partial charge on any atom is -0.317 e. The summed E-state index contributed by atoms with van der Waals surface area (Å²) in [5, 5.41) is 3.48. The summed E-state index contributed by atoms with van der Waals surface area (Å²) >= 11 is 0. The van der Waals surface area contributed by atoms with Gasteiger partial charge in [0.1, 0.15) is 0 Å². The van der Waals surface area contributed by atoms with E-state index in [0.717, 1.165) is 19.6 Å². The Kier molecular flexibility index (Phi) is 4.57.